The molecule has 34 heavy (non-hydrogen) atoms. The van der Waals surface area contributed by atoms with E-state index < -0.39 is 0 Å². The number of hydrogen-bond acceptors (Lipinski definition) is 7. The third-order valence-electron chi connectivity index (χ3n) is 6.23. The van der Waals surface area contributed by atoms with E-state index in [2.05, 4.69) is 32.5 Å². The van der Waals surface area contributed by atoms with Crippen LogP contribution in [0.25, 0.3) is 11.3 Å². The van der Waals surface area contributed by atoms with Crippen LogP contribution in [0.3, 0.4) is 0 Å². The first-order valence-electron chi connectivity index (χ1n) is 11.6. The molecular formula is C26H31N5O3. The Balaban J connectivity index is 1.38. The van der Waals surface area contributed by atoms with Crippen LogP contribution in [0.15, 0.2) is 48.9 Å². The van der Waals surface area contributed by atoms with Crippen molar-refractivity contribution < 1.29 is 14.3 Å². The van der Waals surface area contributed by atoms with Crippen molar-refractivity contribution in [2.24, 2.45) is 5.92 Å². The Kier molecular flexibility index (Phi) is 7.57. The number of methoxy groups -OCH3 is 1. The van der Waals surface area contributed by atoms with Gasteiger partial charge in [0, 0.05) is 49.0 Å². The minimum Gasteiger partial charge on any atom is -0.496 e. The van der Waals surface area contributed by atoms with E-state index in [1.54, 1.807) is 32.7 Å². The molecule has 2 aromatic heterocycles. The average molecular weight is 462 g/mol. The van der Waals surface area contributed by atoms with E-state index in [0.29, 0.717) is 29.7 Å². The highest BCUT2D eigenvalue weighted by Crippen LogP contribution is 2.29. The Bertz CT molecular complexity index is 1120. The van der Waals surface area contributed by atoms with Gasteiger partial charge in [-0.3, -0.25) is 4.79 Å². The molecule has 1 saturated carbocycles. The van der Waals surface area contributed by atoms with Crippen LogP contribution in [0, 0.1) is 5.92 Å². The van der Waals surface area contributed by atoms with Crippen molar-refractivity contribution in [3.8, 4) is 22.9 Å². The molecule has 0 radical (unpaired) electrons. The molecule has 1 aromatic carbocycles. The summed E-state index contributed by atoms with van der Waals surface area (Å²) in [4.78, 5) is 25.1. The third-order valence-corrected chi connectivity index (χ3v) is 6.23. The Morgan fingerprint density at radius 2 is 2.00 bits per heavy atom. The van der Waals surface area contributed by atoms with E-state index in [1.165, 1.54) is 19.3 Å². The topological polar surface area (TPSA) is 98.3 Å². The molecule has 1 unspecified atom stereocenters. The summed E-state index contributed by atoms with van der Waals surface area (Å²) in [5, 5.41) is 6.01. The summed E-state index contributed by atoms with van der Waals surface area (Å²) in [6.45, 7) is 3.47. The van der Waals surface area contributed by atoms with E-state index in [4.69, 9.17) is 9.47 Å². The first-order valence-corrected chi connectivity index (χ1v) is 11.6. The van der Waals surface area contributed by atoms with E-state index in [9.17, 15) is 4.79 Å². The summed E-state index contributed by atoms with van der Waals surface area (Å²) in [6, 6.07) is 11.3. The van der Waals surface area contributed by atoms with Crippen molar-refractivity contribution in [3.05, 3.63) is 60.0 Å². The number of anilines is 1. The zero-order chi connectivity index (χ0) is 23.9. The Hall–Kier alpha value is -3.68. The molecule has 1 fully saturated rings. The fraction of sp³-hybridized carbons (Fsp3) is 0.385. The normalized spacial score (nSPS) is 14.1. The van der Waals surface area contributed by atoms with E-state index in [1.807, 2.05) is 30.3 Å². The molecule has 0 spiro atoms. The van der Waals surface area contributed by atoms with E-state index in [-0.39, 0.29) is 11.8 Å². The molecule has 8 nitrogen and oxygen atoms in total. The van der Waals surface area contributed by atoms with Crippen LogP contribution in [0.2, 0.25) is 0 Å². The van der Waals surface area contributed by atoms with Gasteiger partial charge < -0.3 is 20.1 Å². The zero-order valence-corrected chi connectivity index (χ0v) is 19.9. The van der Waals surface area contributed by atoms with Gasteiger partial charge in [-0.2, -0.15) is 0 Å². The van der Waals surface area contributed by atoms with Crippen LogP contribution in [-0.2, 0) is 0 Å². The highest BCUT2D eigenvalue weighted by molar-refractivity contribution is 5.94. The molecule has 1 aliphatic carbocycles. The highest BCUT2D eigenvalue weighted by Gasteiger charge is 2.18. The summed E-state index contributed by atoms with van der Waals surface area (Å²) < 4.78 is 11.3. The lowest BCUT2D eigenvalue weighted by atomic mass is 9.86. The molecule has 3 aromatic rings. The van der Waals surface area contributed by atoms with E-state index in [0.717, 1.165) is 29.2 Å². The maximum Gasteiger partial charge on any atom is 0.251 e. The smallest absolute Gasteiger partial charge is 0.251 e. The van der Waals surface area contributed by atoms with Crippen molar-refractivity contribution in [1.82, 2.24) is 20.3 Å². The molecular weight excluding hydrogens is 430 g/mol. The van der Waals surface area contributed by atoms with Crippen molar-refractivity contribution in [1.29, 1.82) is 0 Å². The molecule has 0 aliphatic heterocycles. The van der Waals surface area contributed by atoms with Gasteiger partial charge in [0.25, 0.3) is 5.91 Å². The van der Waals surface area contributed by atoms with Crippen LogP contribution in [0.1, 0.15) is 48.0 Å². The maximum absolute atomic E-state index is 11.9. The lowest BCUT2D eigenvalue weighted by molar-refractivity contribution is 0.0962. The number of carbonyl (C=O) groups is 1. The minimum atomic E-state index is -0.142. The largest absolute Gasteiger partial charge is 0.496 e. The molecule has 0 saturated heterocycles. The van der Waals surface area contributed by atoms with Crippen LogP contribution in [0.4, 0.5) is 5.82 Å². The molecule has 1 atom stereocenters. The second kappa shape index (κ2) is 11.0. The molecule has 4 rings (SSSR count). The Morgan fingerprint density at radius 3 is 2.68 bits per heavy atom. The van der Waals surface area contributed by atoms with Gasteiger partial charge in [0.05, 0.1) is 19.4 Å². The minimum absolute atomic E-state index is 0.126. The fourth-order valence-corrected chi connectivity index (χ4v) is 3.86. The number of aromatic nitrogens is 3. The number of pyridine rings is 1. The van der Waals surface area contributed by atoms with Crippen molar-refractivity contribution >= 4 is 11.7 Å². The van der Waals surface area contributed by atoms with Crippen LogP contribution in [-0.4, -0.2) is 48.2 Å². The number of rotatable bonds is 10. The summed E-state index contributed by atoms with van der Waals surface area (Å²) in [5.41, 5.74) is 3.27. The van der Waals surface area contributed by atoms with Gasteiger partial charge in [-0.15, -0.1) is 0 Å². The van der Waals surface area contributed by atoms with Gasteiger partial charge in [0.15, 0.2) is 0 Å². The molecule has 8 heteroatoms. The lowest BCUT2D eigenvalue weighted by Crippen LogP contribution is -2.19. The Morgan fingerprint density at radius 1 is 1.15 bits per heavy atom. The first-order chi connectivity index (χ1) is 16.6. The van der Waals surface area contributed by atoms with Crippen LogP contribution < -0.4 is 20.1 Å². The number of nitrogens with zero attached hydrogens (tertiary/aromatic N) is 3. The number of hydrogen-bond donors (Lipinski definition) is 2. The predicted molar refractivity (Wildman–Crippen MR) is 131 cm³/mol. The van der Waals surface area contributed by atoms with Crippen LogP contribution in [0.5, 0.6) is 11.6 Å². The fourth-order valence-electron chi connectivity index (χ4n) is 3.86. The van der Waals surface area contributed by atoms with Crippen molar-refractivity contribution in [2.75, 3.05) is 32.6 Å². The van der Waals surface area contributed by atoms with Gasteiger partial charge in [-0.25, -0.2) is 15.0 Å². The average Bonchev–Trinajstić information content (AvgIpc) is 2.86. The molecule has 2 heterocycles. The van der Waals surface area contributed by atoms with Gasteiger partial charge in [-0.05, 0) is 42.5 Å². The second-order valence-corrected chi connectivity index (χ2v) is 8.60. The van der Waals surface area contributed by atoms with Gasteiger partial charge in [0.2, 0.25) is 5.88 Å². The molecule has 178 valence electrons. The lowest BCUT2D eigenvalue weighted by Gasteiger charge is -2.24. The van der Waals surface area contributed by atoms with Gasteiger partial charge in [0.1, 0.15) is 17.9 Å². The highest BCUT2D eigenvalue weighted by atomic mass is 16.5. The number of ether oxygens (including phenoxy) is 2. The SMILES string of the molecule is CNC(=O)c1ccc(C(C)CNc2cc(-c3ccc(OCC4CCC4)nc3)ncn2)c(OC)c1. The maximum atomic E-state index is 11.9. The second-order valence-electron chi connectivity index (χ2n) is 8.60. The van der Waals surface area contributed by atoms with Gasteiger partial charge in [-0.1, -0.05) is 19.4 Å². The monoisotopic (exact) mass is 461 g/mol. The first kappa shape index (κ1) is 23.5. The summed E-state index contributed by atoms with van der Waals surface area (Å²) in [7, 11) is 3.22. The molecule has 2 N–H and O–H groups in total. The number of benzene rings is 1. The van der Waals surface area contributed by atoms with E-state index >= 15 is 0 Å². The number of nitrogens with one attached hydrogen (secondary N) is 2. The predicted octanol–water partition coefficient (Wildman–Crippen LogP) is 4.30. The number of carbonyl (C=O) groups excluding carboxylic acids is 1. The molecule has 1 aliphatic rings. The third kappa shape index (κ3) is 5.62. The standard InChI is InChI=1S/C26H31N5O3/c1-17(21-9-7-19(26(32)27-2)11-23(21)33-3)13-28-24-12-22(30-16-31-24)20-8-10-25(29-14-20)34-15-18-5-4-6-18/h7-12,14,16-18H,4-6,13,15H2,1-3H3,(H,27,32)(H,28,30,31). The summed E-state index contributed by atoms with van der Waals surface area (Å²) >= 11 is 0. The van der Waals surface area contributed by atoms with Crippen molar-refractivity contribution in [2.45, 2.75) is 32.1 Å². The van der Waals surface area contributed by atoms with Gasteiger partial charge >= 0.3 is 0 Å². The van der Waals surface area contributed by atoms with Crippen LogP contribution >= 0.6 is 0 Å². The summed E-state index contributed by atoms with van der Waals surface area (Å²) in [5.74, 6) is 2.71. The quantitative estimate of drug-likeness (QED) is 0.464. The zero-order valence-electron chi connectivity index (χ0n) is 19.9. The molecule has 0 bridgehead atoms. The molecule has 1 amide bonds. The number of amides is 1. The summed E-state index contributed by atoms with van der Waals surface area (Å²) in [6.07, 6.45) is 7.13. The van der Waals surface area contributed by atoms with Crippen molar-refractivity contribution in [3.63, 3.8) is 0 Å². The Labute approximate surface area is 200 Å².